The molecule has 2 heterocycles. The lowest BCUT2D eigenvalue weighted by molar-refractivity contribution is -0.276. The lowest BCUT2D eigenvalue weighted by Crippen LogP contribution is -2.60. The van der Waals surface area contributed by atoms with Crippen LogP contribution in [0.3, 0.4) is 0 Å². The molecule has 1 saturated heterocycles. The Bertz CT molecular complexity index is 1010. The quantitative estimate of drug-likeness (QED) is 0.350. The van der Waals surface area contributed by atoms with Gasteiger partial charge in [-0.15, -0.1) is 0 Å². The third-order valence-electron chi connectivity index (χ3n) is 4.22. The Morgan fingerprint density at radius 2 is 1.82 bits per heavy atom. The number of aryl methyl sites for hydroxylation is 1. The zero-order valence-corrected chi connectivity index (χ0v) is 15.3. The van der Waals surface area contributed by atoms with Crippen molar-refractivity contribution >= 4 is 21.4 Å². The first kappa shape index (κ1) is 20.7. The van der Waals surface area contributed by atoms with Gasteiger partial charge < -0.3 is 29.2 Å². The molecule has 4 N–H and O–H groups in total. The van der Waals surface area contributed by atoms with E-state index in [4.69, 9.17) is 18.4 Å². The predicted molar refractivity (Wildman–Crippen MR) is 92.0 cm³/mol. The maximum atomic E-state index is 11.5. The number of hydrogen-bond acceptors (Lipinski definition) is 10. The molecule has 0 radical (unpaired) electrons. The standard InChI is InChI=1S/C16H18O11S/c1-7-4-12(17)26-10-5-8(2-3-9(7)10)25-16-15(20)14(19)13(18)11(27-16)6-24-28(21,22)23/h2-5,11,13-16,18-20H,6H2,1H3,(H,21,22,23)/t11?,13-,14-,15-,16+/m0/s1. The summed E-state index contributed by atoms with van der Waals surface area (Å²) in [6.45, 7) is 0.904. The summed E-state index contributed by atoms with van der Waals surface area (Å²) in [4.78, 5) is 11.5. The van der Waals surface area contributed by atoms with Gasteiger partial charge >= 0.3 is 16.0 Å². The van der Waals surface area contributed by atoms with Crippen LogP contribution in [0.1, 0.15) is 5.56 Å². The molecule has 0 bridgehead atoms. The number of aliphatic hydroxyl groups excluding tert-OH is 3. The normalized spacial score (nSPS) is 28.4. The first-order chi connectivity index (χ1) is 13.0. The van der Waals surface area contributed by atoms with Gasteiger partial charge in [-0.3, -0.25) is 4.55 Å². The summed E-state index contributed by atoms with van der Waals surface area (Å²) in [6.07, 6.45) is -8.06. The Balaban J connectivity index is 1.81. The van der Waals surface area contributed by atoms with Crippen LogP contribution in [0.15, 0.2) is 33.5 Å². The van der Waals surface area contributed by atoms with Gasteiger partial charge in [-0.2, -0.15) is 8.42 Å². The number of fused-ring (bicyclic) bond motifs is 1. The van der Waals surface area contributed by atoms with Crippen molar-refractivity contribution in [2.45, 2.75) is 37.6 Å². The van der Waals surface area contributed by atoms with Crippen molar-refractivity contribution in [1.82, 2.24) is 0 Å². The van der Waals surface area contributed by atoms with Crippen LogP contribution in [-0.4, -0.2) is 65.6 Å². The molecule has 154 valence electrons. The summed E-state index contributed by atoms with van der Waals surface area (Å²) < 4.78 is 50.0. The van der Waals surface area contributed by atoms with Crippen molar-refractivity contribution in [3.63, 3.8) is 0 Å². The van der Waals surface area contributed by atoms with Gasteiger partial charge in [-0.25, -0.2) is 8.98 Å². The second-order valence-corrected chi connectivity index (χ2v) is 7.34. The zero-order valence-electron chi connectivity index (χ0n) is 14.5. The van der Waals surface area contributed by atoms with E-state index in [-0.39, 0.29) is 11.3 Å². The number of aliphatic hydroxyl groups is 3. The van der Waals surface area contributed by atoms with E-state index in [9.17, 15) is 28.5 Å². The van der Waals surface area contributed by atoms with Crippen LogP contribution >= 0.6 is 0 Å². The van der Waals surface area contributed by atoms with Crippen LogP contribution in [0.5, 0.6) is 5.75 Å². The van der Waals surface area contributed by atoms with Crippen molar-refractivity contribution in [2.75, 3.05) is 6.61 Å². The van der Waals surface area contributed by atoms with Crippen LogP contribution in [0, 0.1) is 6.92 Å². The van der Waals surface area contributed by atoms with Gasteiger partial charge in [0.2, 0.25) is 6.29 Å². The summed E-state index contributed by atoms with van der Waals surface area (Å²) in [5, 5.41) is 30.6. The molecule has 0 amide bonds. The number of ether oxygens (including phenoxy) is 2. The Kier molecular flexibility index (Phi) is 5.72. The Morgan fingerprint density at radius 3 is 2.50 bits per heavy atom. The number of hydrogen-bond donors (Lipinski definition) is 4. The van der Waals surface area contributed by atoms with Crippen molar-refractivity contribution in [1.29, 1.82) is 0 Å². The molecule has 2 aromatic rings. The Hall–Kier alpha value is -2.06. The second kappa shape index (κ2) is 7.75. The second-order valence-electron chi connectivity index (χ2n) is 6.25. The highest BCUT2D eigenvalue weighted by atomic mass is 32.3. The van der Waals surface area contributed by atoms with E-state index in [1.165, 1.54) is 18.2 Å². The molecule has 1 aliphatic heterocycles. The largest absolute Gasteiger partial charge is 0.462 e. The molecule has 5 atom stereocenters. The molecule has 0 spiro atoms. The van der Waals surface area contributed by atoms with Gasteiger partial charge in [0, 0.05) is 17.5 Å². The fraction of sp³-hybridized carbons (Fsp3) is 0.438. The van der Waals surface area contributed by atoms with E-state index in [2.05, 4.69) is 4.18 Å². The van der Waals surface area contributed by atoms with Gasteiger partial charge in [0.05, 0.1) is 6.61 Å². The van der Waals surface area contributed by atoms with E-state index in [0.717, 1.165) is 0 Å². The zero-order chi connectivity index (χ0) is 20.6. The smallest absolute Gasteiger partial charge is 0.397 e. The Labute approximate surface area is 158 Å². The van der Waals surface area contributed by atoms with Crippen LogP contribution in [0.25, 0.3) is 11.0 Å². The van der Waals surface area contributed by atoms with Gasteiger partial charge in [0.15, 0.2) is 0 Å². The van der Waals surface area contributed by atoms with Crippen LogP contribution in [0.4, 0.5) is 0 Å². The van der Waals surface area contributed by atoms with Crippen LogP contribution in [0.2, 0.25) is 0 Å². The molecular weight excluding hydrogens is 400 g/mol. The predicted octanol–water partition coefficient (Wildman–Crippen LogP) is -0.893. The van der Waals surface area contributed by atoms with Crippen LogP contribution < -0.4 is 10.4 Å². The van der Waals surface area contributed by atoms with Gasteiger partial charge in [0.1, 0.15) is 35.7 Å². The molecule has 28 heavy (non-hydrogen) atoms. The van der Waals surface area contributed by atoms with E-state index < -0.39 is 53.3 Å². The Morgan fingerprint density at radius 1 is 1.11 bits per heavy atom. The van der Waals surface area contributed by atoms with Gasteiger partial charge in [-0.05, 0) is 24.6 Å². The molecule has 1 aromatic carbocycles. The molecular formula is C16H18O11S. The molecule has 11 nitrogen and oxygen atoms in total. The highest BCUT2D eigenvalue weighted by molar-refractivity contribution is 7.80. The highest BCUT2D eigenvalue weighted by Gasteiger charge is 2.45. The molecule has 0 aliphatic carbocycles. The van der Waals surface area contributed by atoms with Gasteiger partial charge in [-0.1, -0.05) is 0 Å². The van der Waals surface area contributed by atoms with E-state index >= 15 is 0 Å². The lowest BCUT2D eigenvalue weighted by atomic mass is 9.99. The number of benzene rings is 1. The maximum absolute atomic E-state index is 11.5. The van der Waals surface area contributed by atoms with Gasteiger partial charge in [0.25, 0.3) is 0 Å². The first-order valence-electron chi connectivity index (χ1n) is 8.08. The van der Waals surface area contributed by atoms with Crippen molar-refractivity contribution < 1.29 is 46.4 Å². The minimum atomic E-state index is -4.80. The van der Waals surface area contributed by atoms with E-state index in [0.29, 0.717) is 10.9 Å². The highest BCUT2D eigenvalue weighted by Crippen LogP contribution is 2.27. The summed E-state index contributed by atoms with van der Waals surface area (Å²) in [5.41, 5.74) is 0.351. The minimum absolute atomic E-state index is 0.114. The molecule has 0 saturated carbocycles. The monoisotopic (exact) mass is 418 g/mol. The maximum Gasteiger partial charge on any atom is 0.397 e. The van der Waals surface area contributed by atoms with Crippen LogP contribution in [-0.2, 0) is 19.3 Å². The number of rotatable bonds is 5. The summed E-state index contributed by atoms with van der Waals surface area (Å²) in [6, 6.07) is 5.82. The van der Waals surface area contributed by atoms with E-state index in [1.807, 2.05) is 0 Å². The summed E-state index contributed by atoms with van der Waals surface area (Å²) in [5.74, 6) is 0.114. The van der Waals surface area contributed by atoms with Crippen molar-refractivity contribution in [3.05, 3.63) is 40.2 Å². The lowest BCUT2D eigenvalue weighted by Gasteiger charge is -2.39. The van der Waals surface area contributed by atoms with Crippen molar-refractivity contribution in [2.24, 2.45) is 0 Å². The van der Waals surface area contributed by atoms with E-state index in [1.54, 1.807) is 13.0 Å². The molecule has 1 aliphatic rings. The fourth-order valence-corrected chi connectivity index (χ4v) is 3.12. The summed E-state index contributed by atoms with van der Waals surface area (Å²) in [7, 11) is -4.80. The molecule has 1 fully saturated rings. The average Bonchev–Trinajstić information content (AvgIpc) is 2.60. The SMILES string of the molecule is Cc1cc(=O)oc2cc(O[C@@H]3OC(COS(=O)(=O)O)[C@H](O)[C@H](O)[C@@H]3O)ccc12. The molecule has 1 unspecified atom stereocenters. The first-order valence-corrected chi connectivity index (χ1v) is 9.44. The third-order valence-corrected chi connectivity index (χ3v) is 4.66. The fourth-order valence-electron chi connectivity index (χ4n) is 2.82. The molecule has 3 rings (SSSR count). The third kappa shape index (κ3) is 4.50. The van der Waals surface area contributed by atoms with Crippen molar-refractivity contribution in [3.8, 4) is 5.75 Å². The molecule has 12 heteroatoms. The minimum Gasteiger partial charge on any atom is -0.462 e. The average molecular weight is 418 g/mol. The molecule has 1 aromatic heterocycles. The summed E-state index contributed by atoms with van der Waals surface area (Å²) >= 11 is 0. The topological polar surface area (TPSA) is 173 Å².